The molecular weight excluding hydrogens is 204 g/mol. The van der Waals surface area contributed by atoms with E-state index in [2.05, 4.69) is 5.32 Å². The Morgan fingerprint density at radius 3 is 2.44 bits per heavy atom. The van der Waals surface area contributed by atoms with Crippen LogP contribution in [-0.2, 0) is 0 Å². The maximum absolute atomic E-state index is 11.0. The molecule has 2 aromatic rings. The summed E-state index contributed by atoms with van der Waals surface area (Å²) >= 11 is 0. The molecule has 16 heavy (non-hydrogen) atoms. The number of carbonyl (C=O) groups is 1. The molecule has 0 aliphatic rings. The van der Waals surface area contributed by atoms with Crippen LogP contribution in [0.4, 0.5) is 5.69 Å². The predicted molar refractivity (Wildman–Crippen MR) is 60.1 cm³/mol. The molecule has 2 aromatic carbocycles. The second kappa shape index (κ2) is 3.91. The van der Waals surface area contributed by atoms with Gasteiger partial charge in [0.25, 0.3) is 0 Å². The lowest BCUT2D eigenvalue weighted by molar-refractivity contribution is 0.0698. The second-order valence-electron chi connectivity index (χ2n) is 3.29. The average Bonchev–Trinajstić information content (AvgIpc) is 2.28. The van der Waals surface area contributed by atoms with Crippen molar-refractivity contribution in [2.45, 2.75) is 0 Å². The van der Waals surface area contributed by atoms with Crippen molar-refractivity contribution in [1.82, 2.24) is 0 Å². The molecule has 78 valence electrons. The fourth-order valence-electron chi connectivity index (χ4n) is 1.58. The van der Waals surface area contributed by atoms with E-state index in [1.54, 1.807) is 18.3 Å². The summed E-state index contributed by atoms with van der Waals surface area (Å²) in [5.74, 6) is -1.05. The summed E-state index contributed by atoms with van der Waals surface area (Å²) in [6, 6.07) is 10.6. The molecular formula is C12H8N2O2. The minimum Gasteiger partial charge on any atom is -0.478 e. The Kier molecular flexibility index (Phi) is 2.44. The first-order chi connectivity index (χ1) is 7.72. The van der Waals surface area contributed by atoms with Crippen molar-refractivity contribution in [1.29, 1.82) is 5.26 Å². The van der Waals surface area contributed by atoms with Crippen molar-refractivity contribution in [3.05, 3.63) is 42.0 Å². The normalized spacial score (nSPS) is 9.69. The topological polar surface area (TPSA) is 73.1 Å². The highest BCUT2D eigenvalue weighted by atomic mass is 16.4. The van der Waals surface area contributed by atoms with E-state index in [4.69, 9.17) is 10.4 Å². The number of hydrogen-bond acceptors (Lipinski definition) is 3. The lowest BCUT2D eigenvalue weighted by Gasteiger charge is -2.05. The molecule has 0 fully saturated rings. The van der Waals surface area contributed by atoms with E-state index in [1.807, 2.05) is 24.3 Å². The minimum atomic E-state index is -1.05. The lowest BCUT2D eigenvalue weighted by atomic mass is 10.0. The van der Waals surface area contributed by atoms with Crippen molar-refractivity contribution in [3.8, 4) is 6.19 Å². The summed E-state index contributed by atoms with van der Waals surface area (Å²) in [6.45, 7) is 0. The van der Waals surface area contributed by atoms with E-state index in [9.17, 15) is 4.79 Å². The average molecular weight is 212 g/mol. The van der Waals surface area contributed by atoms with Gasteiger partial charge in [-0.3, -0.25) is 5.32 Å². The molecule has 0 heterocycles. The van der Waals surface area contributed by atoms with Crippen LogP contribution in [0, 0.1) is 11.5 Å². The zero-order valence-electron chi connectivity index (χ0n) is 8.27. The maximum Gasteiger partial charge on any atom is 0.337 e. The third kappa shape index (κ3) is 1.66. The van der Waals surface area contributed by atoms with Crippen LogP contribution in [0.5, 0.6) is 0 Å². The Morgan fingerprint density at radius 1 is 1.25 bits per heavy atom. The van der Waals surface area contributed by atoms with Gasteiger partial charge in [0.15, 0.2) is 6.19 Å². The molecule has 0 amide bonds. The van der Waals surface area contributed by atoms with Crippen molar-refractivity contribution < 1.29 is 9.90 Å². The molecule has 0 saturated heterocycles. The number of aromatic carboxylic acids is 1. The number of nitrogens with zero attached hydrogens (tertiary/aromatic N) is 1. The summed E-state index contributed by atoms with van der Waals surface area (Å²) < 4.78 is 0. The van der Waals surface area contributed by atoms with Gasteiger partial charge in [-0.1, -0.05) is 24.3 Å². The Bertz CT molecular complexity index is 599. The largest absolute Gasteiger partial charge is 0.478 e. The van der Waals surface area contributed by atoms with Crippen LogP contribution in [-0.4, -0.2) is 11.1 Å². The zero-order chi connectivity index (χ0) is 11.5. The monoisotopic (exact) mass is 212 g/mol. The van der Waals surface area contributed by atoms with Crippen molar-refractivity contribution in [2.24, 2.45) is 0 Å². The summed E-state index contributed by atoms with van der Waals surface area (Å²) in [7, 11) is 0. The quantitative estimate of drug-likeness (QED) is 0.592. The van der Waals surface area contributed by atoms with Crippen LogP contribution in [0.3, 0.4) is 0 Å². The van der Waals surface area contributed by atoms with Gasteiger partial charge in [-0.15, -0.1) is 0 Å². The SMILES string of the molecule is N#CNc1cc2ccccc2cc1C(=O)O. The van der Waals surface area contributed by atoms with E-state index < -0.39 is 5.97 Å². The molecule has 0 radical (unpaired) electrons. The van der Waals surface area contributed by atoms with Gasteiger partial charge in [0, 0.05) is 0 Å². The number of carboxylic acid groups (broad SMARTS) is 1. The number of rotatable bonds is 2. The van der Waals surface area contributed by atoms with Gasteiger partial charge >= 0.3 is 5.97 Å². The number of benzene rings is 2. The van der Waals surface area contributed by atoms with Gasteiger partial charge < -0.3 is 5.11 Å². The number of fused-ring (bicyclic) bond motifs is 1. The summed E-state index contributed by atoms with van der Waals surface area (Å²) in [5.41, 5.74) is 0.411. The highest BCUT2D eigenvalue weighted by Crippen LogP contribution is 2.23. The highest BCUT2D eigenvalue weighted by Gasteiger charge is 2.10. The molecule has 0 saturated carbocycles. The summed E-state index contributed by atoms with van der Waals surface area (Å²) in [5, 5.41) is 21.7. The van der Waals surface area contributed by atoms with Gasteiger partial charge in [0.05, 0.1) is 11.3 Å². The molecule has 0 atom stereocenters. The van der Waals surface area contributed by atoms with Crippen molar-refractivity contribution >= 4 is 22.4 Å². The van der Waals surface area contributed by atoms with E-state index >= 15 is 0 Å². The molecule has 0 unspecified atom stereocenters. The molecule has 0 aliphatic heterocycles. The van der Waals surface area contributed by atoms with Crippen LogP contribution in [0.25, 0.3) is 10.8 Å². The lowest BCUT2D eigenvalue weighted by Crippen LogP contribution is -2.02. The second-order valence-corrected chi connectivity index (χ2v) is 3.29. The fraction of sp³-hybridized carbons (Fsp3) is 0. The molecule has 0 aliphatic carbocycles. The van der Waals surface area contributed by atoms with E-state index in [0.717, 1.165) is 10.8 Å². The highest BCUT2D eigenvalue weighted by molar-refractivity contribution is 6.01. The van der Waals surface area contributed by atoms with E-state index in [1.165, 1.54) is 0 Å². The molecule has 4 nitrogen and oxygen atoms in total. The van der Waals surface area contributed by atoms with E-state index in [0.29, 0.717) is 5.69 Å². The van der Waals surface area contributed by atoms with Crippen molar-refractivity contribution in [2.75, 3.05) is 5.32 Å². The molecule has 2 rings (SSSR count). The third-order valence-electron chi connectivity index (χ3n) is 2.31. The summed E-state index contributed by atoms with van der Waals surface area (Å²) in [6.07, 6.45) is 1.73. The molecule has 0 aromatic heterocycles. The smallest absolute Gasteiger partial charge is 0.337 e. The first-order valence-electron chi connectivity index (χ1n) is 4.63. The van der Waals surface area contributed by atoms with Gasteiger partial charge in [0.2, 0.25) is 0 Å². The maximum atomic E-state index is 11.0. The number of nitriles is 1. The first-order valence-corrected chi connectivity index (χ1v) is 4.63. The minimum absolute atomic E-state index is 0.0975. The number of hydrogen-bond donors (Lipinski definition) is 2. The van der Waals surface area contributed by atoms with Gasteiger partial charge in [-0.05, 0) is 22.9 Å². The van der Waals surface area contributed by atoms with Crippen LogP contribution in [0.15, 0.2) is 36.4 Å². The number of nitrogens with one attached hydrogen (secondary N) is 1. The fourth-order valence-corrected chi connectivity index (χ4v) is 1.58. The van der Waals surface area contributed by atoms with Crippen LogP contribution in [0.1, 0.15) is 10.4 Å². The van der Waals surface area contributed by atoms with Crippen LogP contribution in [0.2, 0.25) is 0 Å². The predicted octanol–water partition coefficient (Wildman–Crippen LogP) is 2.43. The number of carboxylic acids is 1. The van der Waals surface area contributed by atoms with Crippen molar-refractivity contribution in [3.63, 3.8) is 0 Å². The molecule has 0 bridgehead atoms. The van der Waals surface area contributed by atoms with Gasteiger partial charge in [-0.25, -0.2) is 4.79 Å². The van der Waals surface area contributed by atoms with Crippen LogP contribution >= 0.6 is 0 Å². The Labute approximate surface area is 91.7 Å². The third-order valence-corrected chi connectivity index (χ3v) is 2.31. The standard InChI is InChI=1S/C12H8N2O2/c13-7-14-11-6-9-4-2-1-3-8(9)5-10(11)12(15)16/h1-6,14H,(H,15,16). The molecule has 2 N–H and O–H groups in total. The zero-order valence-corrected chi connectivity index (χ0v) is 8.27. The molecule has 4 heteroatoms. The Balaban J connectivity index is 2.71. The molecule has 0 spiro atoms. The van der Waals surface area contributed by atoms with Gasteiger partial charge in [-0.2, -0.15) is 5.26 Å². The Morgan fingerprint density at radius 2 is 1.88 bits per heavy atom. The van der Waals surface area contributed by atoms with E-state index in [-0.39, 0.29) is 5.56 Å². The first kappa shape index (κ1) is 9.99. The number of anilines is 1. The van der Waals surface area contributed by atoms with Crippen LogP contribution < -0.4 is 5.32 Å². The van der Waals surface area contributed by atoms with Gasteiger partial charge in [0.1, 0.15) is 0 Å². The Hall–Kier alpha value is -2.54. The summed E-state index contributed by atoms with van der Waals surface area (Å²) in [4.78, 5) is 11.0.